The number of rotatable bonds is 4. The van der Waals surface area contributed by atoms with Gasteiger partial charge in [0.2, 0.25) is 5.91 Å². The zero-order valence-electron chi connectivity index (χ0n) is 20.9. The first-order valence-corrected chi connectivity index (χ1v) is 12.5. The van der Waals surface area contributed by atoms with E-state index in [2.05, 4.69) is 15.2 Å². The van der Waals surface area contributed by atoms with Crippen LogP contribution in [0, 0.1) is 35.2 Å². The molecule has 2 aliphatic rings. The van der Waals surface area contributed by atoms with E-state index < -0.39 is 34.9 Å². The van der Waals surface area contributed by atoms with E-state index in [1.54, 1.807) is 21.9 Å². The number of carbonyl (C=O) groups excluding carboxylic acids is 1. The summed E-state index contributed by atoms with van der Waals surface area (Å²) in [6.45, 7) is 4.51. The van der Waals surface area contributed by atoms with E-state index in [4.69, 9.17) is 0 Å². The average molecular weight is 528 g/mol. The molecule has 11 heteroatoms. The zero-order chi connectivity index (χ0) is 27.2. The molecule has 1 amide bonds. The van der Waals surface area contributed by atoms with Gasteiger partial charge in [0.1, 0.15) is 23.3 Å². The van der Waals surface area contributed by atoms with Gasteiger partial charge in [0, 0.05) is 56.1 Å². The minimum Gasteiger partial charge on any atom is -0.384 e. The molecule has 38 heavy (non-hydrogen) atoms. The highest BCUT2D eigenvalue weighted by molar-refractivity contribution is 5.81. The molecule has 2 aromatic heterocycles. The van der Waals surface area contributed by atoms with Crippen molar-refractivity contribution in [2.45, 2.75) is 25.4 Å². The molecular weight excluding hydrogens is 499 g/mol. The number of anilines is 1. The molecule has 0 aliphatic carbocycles. The van der Waals surface area contributed by atoms with Gasteiger partial charge in [0.25, 0.3) is 5.56 Å². The van der Waals surface area contributed by atoms with Crippen molar-refractivity contribution < 1.29 is 23.1 Å². The number of H-pyrrole nitrogens is 1. The standard InChI is InChI=1S/C27H28F3N5O3/c1-15-11-35(12-16(2)27(15,38)17-3-5-18(28)6-4-17)26(37)21-14-34(23-7-8-24(36)33-32-23)13-20(21)25-22(30)9-19(29)10-31-25/h3-10,15-16,20-21,38H,11-14H2,1-2H3,(H,33,36)/t15-,16+,20-,21+,27?/m1/s1. The highest BCUT2D eigenvalue weighted by Gasteiger charge is 2.49. The summed E-state index contributed by atoms with van der Waals surface area (Å²) in [5.41, 5.74) is -1.08. The average Bonchev–Trinajstić information content (AvgIpc) is 3.32. The van der Waals surface area contributed by atoms with Crippen LogP contribution in [-0.2, 0) is 10.4 Å². The Kier molecular flexibility index (Phi) is 6.72. The Morgan fingerprint density at radius 3 is 2.29 bits per heavy atom. The molecule has 0 saturated carbocycles. The summed E-state index contributed by atoms with van der Waals surface area (Å²) in [4.78, 5) is 32.8. The number of carbonyl (C=O) groups is 1. The maximum absolute atomic E-state index is 14.8. The summed E-state index contributed by atoms with van der Waals surface area (Å²) in [5, 5.41) is 18.0. The van der Waals surface area contributed by atoms with Gasteiger partial charge >= 0.3 is 0 Å². The molecule has 2 aliphatic heterocycles. The molecule has 4 heterocycles. The molecule has 0 bridgehead atoms. The Balaban J connectivity index is 1.43. The number of aromatic amines is 1. The van der Waals surface area contributed by atoms with E-state index >= 15 is 0 Å². The number of piperidine rings is 1. The fourth-order valence-corrected chi connectivity index (χ4v) is 5.93. The van der Waals surface area contributed by atoms with Gasteiger partial charge in [-0.3, -0.25) is 14.6 Å². The Morgan fingerprint density at radius 1 is 1.00 bits per heavy atom. The largest absolute Gasteiger partial charge is 0.384 e. The van der Waals surface area contributed by atoms with E-state index in [1.807, 2.05) is 13.8 Å². The van der Waals surface area contributed by atoms with Crippen molar-refractivity contribution >= 4 is 11.7 Å². The minimum absolute atomic E-state index is 0.0161. The lowest BCUT2D eigenvalue weighted by atomic mass is 9.70. The second-order valence-corrected chi connectivity index (χ2v) is 10.3. The molecule has 200 valence electrons. The van der Waals surface area contributed by atoms with Gasteiger partial charge in [-0.2, -0.15) is 5.10 Å². The van der Waals surface area contributed by atoms with Crippen molar-refractivity contribution in [2.24, 2.45) is 17.8 Å². The quantitative estimate of drug-likeness (QED) is 0.541. The molecule has 0 spiro atoms. The molecule has 5 atom stereocenters. The van der Waals surface area contributed by atoms with Gasteiger partial charge in [-0.05, 0) is 23.8 Å². The van der Waals surface area contributed by atoms with Gasteiger partial charge in [-0.15, -0.1) is 0 Å². The van der Waals surface area contributed by atoms with Crippen LogP contribution in [0.15, 0.2) is 53.5 Å². The summed E-state index contributed by atoms with van der Waals surface area (Å²) in [6, 6.07) is 9.31. The van der Waals surface area contributed by atoms with E-state index in [-0.39, 0.29) is 55.2 Å². The molecule has 3 aromatic rings. The molecule has 8 nitrogen and oxygen atoms in total. The molecule has 2 N–H and O–H groups in total. The fourth-order valence-electron chi connectivity index (χ4n) is 5.93. The maximum Gasteiger partial charge on any atom is 0.264 e. The molecule has 2 fully saturated rings. The number of halogens is 3. The second kappa shape index (κ2) is 9.86. The van der Waals surface area contributed by atoms with Crippen LogP contribution in [0.1, 0.15) is 31.0 Å². The number of nitrogens with one attached hydrogen (secondary N) is 1. The molecule has 1 unspecified atom stereocenters. The van der Waals surface area contributed by atoms with Crippen LogP contribution in [0.2, 0.25) is 0 Å². The van der Waals surface area contributed by atoms with Crippen molar-refractivity contribution in [3.05, 3.63) is 87.7 Å². The summed E-state index contributed by atoms with van der Waals surface area (Å²) in [7, 11) is 0. The topological polar surface area (TPSA) is 102 Å². The van der Waals surface area contributed by atoms with Crippen molar-refractivity contribution in [1.29, 1.82) is 0 Å². The summed E-state index contributed by atoms with van der Waals surface area (Å²) in [5.74, 6) is -4.06. The molecule has 1 aromatic carbocycles. The number of likely N-dealkylation sites (tertiary alicyclic amines) is 1. The molecule has 5 rings (SSSR count). The van der Waals surface area contributed by atoms with Crippen molar-refractivity contribution in [3.8, 4) is 0 Å². The lowest BCUT2D eigenvalue weighted by Gasteiger charge is -2.48. The summed E-state index contributed by atoms with van der Waals surface area (Å²) in [6.07, 6.45) is 0.925. The van der Waals surface area contributed by atoms with Gasteiger partial charge in [0.05, 0.1) is 23.4 Å². The molecule has 2 saturated heterocycles. The molecule has 0 radical (unpaired) electrons. The smallest absolute Gasteiger partial charge is 0.264 e. The predicted molar refractivity (Wildman–Crippen MR) is 133 cm³/mol. The predicted octanol–water partition coefficient (Wildman–Crippen LogP) is 2.80. The van der Waals surface area contributed by atoms with Crippen LogP contribution in [0.4, 0.5) is 19.0 Å². The summed E-state index contributed by atoms with van der Waals surface area (Å²) >= 11 is 0. The van der Waals surface area contributed by atoms with Gasteiger partial charge in [-0.25, -0.2) is 18.3 Å². The van der Waals surface area contributed by atoms with Crippen LogP contribution >= 0.6 is 0 Å². The van der Waals surface area contributed by atoms with E-state index in [1.165, 1.54) is 24.3 Å². The number of benzene rings is 1. The van der Waals surface area contributed by atoms with Gasteiger partial charge < -0.3 is 14.9 Å². The summed E-state index contributed by atoms with van der Waals surface area (Å²) < 4.78 is 41.9. The lowest BCUT2D eigenvalue weighted by molar-refractivity contribution is -0.152. The third-order valence-electron chi connectivity index (χ3n) is 7.92. The maximum atomic E-state index is 14.8. The number of pyridine rings is 1. The normalized spacial score (nSPS) is 27.5. The first-order valence-electron chi connectivity index (χ1n) is 12.5. The van der Waals surface area contributed by atoms with Gasteiger partial charge in [-0.1, -0.05) is 26.0 Å². The Hall–Kier alpha value is -3.73. The van der Waals surface area contributed by atoms with E-state index in [9.17, 15) is 27.9 Å². The van der Waals surface area contributed by atoms with Crippen molar-refractivity contribution in [1.82, 2.24) is 20.1 Å². The first-order chi connectivity index (χ1) is 18.1. The van der Waals surface area contributed by atoms with Crippen LogP contribution < -0.4 is 10.5 Å². The second-order valence-electron chi connectivity index (χ2n) is 10.3. The highest BCUT2D eigenvalue weighted by Crippen LogP contribution is 2.43. The van der Waals surface area contributed by atoms with Crippen LogP contribution in [0.5, 0.6) is 0 Å². The first kappa shape index (κ1) is 25.9. The number of aromatic nitrogens is 3. The van der Waals surface area contributed by atoms with Crippen LogP contribution in [0.3, 0.4) is 0 Å². The van der Waals surface area contributed by atoms with Crippen LogP contribution in [0.25, 0.3) is 0 Å². The van der Waals surface area contributed by atoms with Gasteiger partial charge in [0.15, 0.2) is 0 Å². The number of nitrogens with zero attached hydrogens (tertiary/aromatic N) is 4. The number of aliphatic hydroxyl groups is 1. The number of amides is 1. The lowest BCUT2D eigenvalue weighted by Crippen LogP contribution is -2.57. The zero-order valence-corrected chi connectivity index (χ0v) is 20.9. The van der Waals surface area contributed by atoms with E-state index in [0.29, 0.717) is 11.4 Å². The van der Waals surface area contributed by atoms with Crippen molar-refractivity contribution in [2.75, 3.05) is 31.1 Å². The minimum atomic E-state index is -1.27. The monoisotopic (exact) mass is 527 g/mol. The SMILES string of the molecule is C[C@@H]1CN(C(=O)[C@H]2CN(c3ccc(=O)[nH]n3)C[C@H]2c2ncc(F)cc2F)C[C@H](C)C1(O)c1ccc(F)cc1. The number of hydrogen-bond acceptors (Lipinski definition) is 6. The third kappa shape index (κ3) is 4.55. The molecular formula is C27H28F3N5O3. The van der Waals surface area contributed by atoms with E-state index in [0.717, 1.165) is 12.3 Å². The Bertz CT molecular complexity index is 1370. The van der Waals surface area contributed by atoms with Crippen LogP contribution in [-0.4, -0.2) is 57.3 Å². The third-order valence-corrected chi connectivity index (χ3v) is 7.92. The highest BCUT2D eigenvalue weighted by atomic mass is 19.1. The Morgan fingerprint density at radius 2 is 1.68 bits per heavy atom. The van der Waals surface area contributed by atoms with Crippen molar-refractivity contribution in [3.63, 3.8) is 0 Å². The Labute approximate surface area is 217 Å². The number of hydrogen-bond donors (Lipinski definition) is 2. The fraction of sp³-hybridized carbons (Fsp3) is 0.407.